The molecule has 0 saturated carbocycles. The van der Waals surface area contributed by atoms with Crippen molar-refractivity contribution in [1.82, 2.24) is 0 Å². The number of carbonyl (C=O) groups is 2. The fourth-order valence-electron chi connectivity index (χ4n) is 4.66. The molecule has 0 aromatic heterocycles. The van der Waals surface area contributed by atoms with Crippen molar-refractivity contribution in [2.45, 2.75) is 58.9 Å². The Morgan fingerprint density at radius 3 is 2.53 bits per heavy atom. The predicted octanol–water partition coefficient (Wildman–Crippen LogP) is 5.57. The highest BCUT2D eigenvalue weighted by Gasteiger charge is 2.26. The second-order valence-corrected chi connectivity index (χ2v) is 8.89. The van der Waals surface area contributed by atoms with Crippen LogP contribution >= 0.6 is 11.6 Å². The fraction of sp³-hybridized carbons (Fsp3) is 0.520. The molecule has 5 heteroatoms. The number of rotatable bonds is 7. The minimum Gasteiger partial charge on any atom is -0.381 e. The summed E-state index contributed by atoms with van der Waals surface area (Å²) in [5.41, 5.74) is 4.77. The van der Waals surface area contributed by atoms with Crippen molar-refractivity contribution >= 4 is 28.9 Å². The maximum absolute atomic E-state index is 13.2. The van der Waals surface area contributed by atoms with Gasteiger partial charge in [0.1, 0.15) is 0 Å². The van der Waals surface area contributed by atoms with E-state index in [9.17, 15) is 9.59 Å². The van der Waals surface area contributed by atoms with E-state index in [2.05, 4.69) is 18.9 Å². The van der Waals surface area contributed by atoms with E-state index < -0.39 is 0 Å². The highest BCUT2D eigenvalue weighted by atomic mass is 35.5. The number of hydrogen-bond donors (Lipinski definition) is 0. The van der Waals surface area contributed by atoms with Crippen molar-refractivity contribution in [3.8, 4) is 0 Å². The van der Waals surface area contributed by atoms with Crippen LogP contribution < -0.4 is 4.90 Å². The zero-order valence-electron chi connectivity index (χ0n) is 18.5. The van der Waals surface area contributed by atoms with Crippen molar-refractivity contribution in [1.29, 1.82) is 0 Å². The van der Waals surface area contributed by atoms with Crippen LogP contribution in [0.1, 0.15) is 62.4 Å². The summed E-state index contributed by atoms with van der Waals surface area (Å²) in [6.07, 6.45) is 7.28. The van der Waals surface area contributed by atoms with Gasteiger partial charge in [-0.2, -0.15) is 0 Å². The van der Waals surface area contributed by atoms with E-state index in [1.54, 1.807) is 12.1 Å². The van der Waals surface area contributed by atoms with Crippen LogP contribution in [0.15, 0.2) is 35.4 Å². The van der Waals surface area contributed by atoms with Crippen molar-refractivity contribution in [3.05, 3.63) is 51.6 Å². The number of halogens is 1. The summed E-state index contributed by atoms with van der Waals surface area (Å²) in [6.45, 7) is 7.50. The third kappa shape index (κ3) is 5.04. The van der Waals surface area contributed by atoms with E-state index >= 15 is 0 Å². The Hall–Kier alpha value is -1.91. The third-order valence-corrected chi connectivity index (χ3v) is 6.56. The number of ether oxygens (including phenoxy) is 1. The highest BCUT2D eigenvalue weighted by Crippen LogP contribution is 2.33. The van der Waals surface area contributed by atoms with Gasteiger partial charge in [-0.3, -0.25) is 9.59 Å². The average molecular weight is 430 g/mol. The summed E-state index contributed by atoms with van der Waals surface area (Å²) in [5.74, 6) is -0.0452. The topological polar surface area (TPSA) is 46.6 Å². The van der Waals surface area contributed by atoms with Gasteiger partial charge in [0.25, 0.3) is 0 Å². The van der Waals surface area contributed by atoms with Crippen LogP contribution in [0.2, 0.25) is 5.02 Å². The molecule has 1 saturated heterocycles. The third-order valence-electron chi connectivity index (χ3n) is 6.34. The smallest absolute Gasteiger partial charge is 0.163 e. The van der Waals surface area contributed by atoms with Crippen molar-refractivity contribution in [2.24, 2.45) is 5.92 Å². The van der Waals surface area contributed by atoms with Gasteiger partial charge in [0, 0.05) is 54.9 Å². The first-order chi connectivity index (χ1) is 14.3. The summed E-state index contributed by atoms with van der Waals surface area (Å²) in [5, 5.41) is 0.577. The predicted molar refractivity (Wildman–Crippen MR) is 123 cm³/mol. The van der Waals surface area contributed by atoms with Gasteiger partial charge in [-0.05, 0) is 68.9 Å². The number of carbonyl (C=O) groups excluding carboxylic acids is 2. The molecule has 0 spiro atoms. The number of ketones is 2. The summed E-state index contributed by atoms with van der Waals surface area (Å²) in [4.78, 5) is 27.9. The van der Waals surface area contributed by atoms with E-state index in [0.717, 1.165) is 54.9 Å². The zero-order valence-corrected chi connectivity index (χ0v) is 19.2. The summed E-state index contributed by atoms with van der Waals surface area (Å²) in [7, 11) is 2.08. The molecule has 0 radical (unpaired) electrons. The van der Waals surface area contributed by atoms with Crippen LogP contribution in [0.25, 0.3) is 0 Å². The van der Waals surface area contributed by atoms with Crippen LogP contribution in [-0.2, 0) is 16.0 Å². The Balaban J connectivity index is 1.81. The van der Waals surface area contributed by atoms with E-state index in [1.807, 2.05) is 26.0 Å². The van der Waals surface area contributed by atoms with E-state index in [1.165, 1.54) is 0 Å². The molecule has 0 amide bonds. The number of nitrogens with zero attached hydrogens (tertiary/aromatic N) is 1. The number of Topliss-reactive ketones (excluding diaryl/α,β-unsaturated/α-hetero) is 1. The first kappa shape index (κ1) is 22.8. The van der Waals surface area contributed by atoms with Crippen LogP contribution in [0, 0.1) is 5.92 Å². The Labute approximate surface area is 184 Å². The van der Waals surface area contributed by atoms with Gasteiger partial charge in [-0.25, -0.2) is 0 Å². The van der Waals surface area contributed by atoms with Gasteiger partial charge in [0.05, 0.1) is 0 Å². The molecular weight excluding hydrogens is 398 g/mol. The lowest BCUT2D eigenvalue weighted by molar-refractivity contribution is -0.117. The van der Waals surface area contributed by atoms with Crippen LogP contribution in [0.3, 0.4) is 0 Å². The molecule has 1 aliphatic carbocycles. The number of anilines is 1. The first-order valence-electron chi connectivity index (χ1n) is 10.9. The molecule has 1 fully saturated rings. The van der Waals surface area contributed by atoms with Crippen molar-refractivity contribution in [3.63, 3.8) is 0 Å². The molecule has 0 bridgehead atoms. The lowest BCUT2D eigenvalue weighted by Gasteiger charge is -2.34. The monoisotopic (exact) mass is 429 g/mol. The molecule has 1 atom stereocenters. The average Bonchev–Trinajstić information content (AvgIpc) is 2.72. The van der Waals surface area contributed by atoms with Gasteiger partial charge < -0.3 is 9.64 Å². The SMILES string of the molecule is CCc1c(C(=O)CCC2C(=O)C=C(C)C=C2C)cc(Cl)cc1N(C)C1CCOCC1. The molecule has 30 heavy (non-hydrogen) atoms. The molecule has 0 N–H and O–H groups in total. The summed E-state index contributed by atoms with van der Waals surface area (Å²) >= 11 is 6.44. The normalized spacial score (nSPS) is 20.0. The molecule has 3 rings (SSSR count). The molecule has 1 unspecified atom stereocenters. The molecular formula is C25H32ClNO3. The standard InChI is InChI=1S/C25H32ClNO3/c1-5-20-22(24(28)7-6-21-17(3)12-16(2)13-25(21)29)14-18(26)15-23(20)27(4)19-8-10-30-11-9-19/h12-15,19,21H,5-11H2,1-4H3. The van der Waals surface area contributed by atoms with Gasteiger partial charge in [0.15, 0.2) is 11.6 Å². The van der Waals surface area contributed by atoms with Gasteiger partial charge in [-0.15, -0.1) is 0 Å². The maximum Gasteiger partial charge on any atom is 0.163 e. The number of hydrogen-bond acceptors (Lipinski definition) is 4. The second-order valence-electron chi connectivity index (χ2n) is 8.45. The quantitative estimate of drug-likeness (QED) is 0.531. The van der Waals surface area contributed by atoms with Gasteiger partial charge >= 0.3 is 0 Å². The van der Waals surface area contributed by atoms with Crippen LogP contribution in [0.4, 0.5) is 5.69 Å². The van der Waals surface area contributed by atoms with Crippen molar-refractivity contribution in [2.75, 3.05) is 25.2 Å². The summed E-state index contributed by atoms with van der Waals surface area (Å²) in [6, 6.07) is 4.14. The van der Waals surface area contributed by atoms with E-state index in [4.69, 9.17) is 16.3 Å². The Morgan fingerprint density at radius 2 is 1.90 bits per heavy atom. The minimum atomic E-state index is -0.203. The highest BCUT2D eigenvalue weighted by molar-refractivity contribution is 6.31. The summed E-state index contributed by atoms with van der Waals surface area (Å²) < 4.78 is 5.50. The Kier molecular flexibility index (Phi) is 7.54. The molecule has 2 aliphatic rings. The first-order valence-corrected chi connectivity index (χ1v) is 11.3. The van der Waals surface area contributed by atoms with Crippen molar-refractivity contribution < 1.29 is 14.3 Å². The molecule has 1 aromatic rings. The minimum absolute atomic E-state index is 0.0582. The molecule has 1 aliphatic heterocycles. The molecule has 1 aromatic carbocycles. The van der Waals surface area contributed by atoms with Gasteiger partial charge in [-0.1, -0.05) is 30.2 Å². The lowest BCUT2D eigenvalue weighted by atomic mass is 9.84. The van der Waals surface area contributed by atoms with E-state index in [0.29, 0.717) is 29.5 Å². The fourth-order valence-corrected chi connectivity index (χ4v) is 4.87. The molecule has 1 heterocycles. The van der Waals surface area contributed by atoms with Crippen LogP contribution in [0.5, 0.6) is 0 Å². The van der Waals surface area contributed by atoms with E-state index in [-0.39, 0.29) is 17.5 Å². The molecule has 4 nitrogen and oxygen atoms in total. The number of benzene rings is 1. The maximum atomic E-state index is 13.2. The lowest BCUT2D eigenvalue weighted by Crippen LogP contribution is -2.37. The van der Waals surface area contributed by atoms with Crippen LogP contribution in [-0.4, -0.2) is 37.9 Å². The zero-order chi connectivity index (χ0) is 21.8. The Morgan fingerprint density at radius 1 is 1.20 bits per heavy atom. The second kappa shape index (κ2) is 9.93. The number of allylic oxidation sites excluding steroid dienone is 4. The van der Waals surface area contributed by atoms with Gasteiger partial charge in [0.2, 0.25) is 0 Å². The Bertz CT molecular complexity index is 881. The molecule has 162 valence electrons. The largest absolute Gasteiger partial charge is 0.381 e.